The molecule has 0 aromatic rings. The zero-order valence-electron chi connectivity index (χ0n) is 19.6. The molecule has 4 aliphatic carbocycles. The van der Waals surface area contributed by atoms with E-state index in [-0.39, 0.29) is 6.10 Å². The fraction of sp³-hybridized carbons (Fsp3) is 1.00. The average molecular weight is 391 g/mol. The number of hydrogen-bond donors (Lipinski definition) is 1. The van der Waals surface area contributed by atoms with Gasteiger partial charge in [-0.1, -0.05) is 53.9 Å². The van der Waals surface area contributed by atoms with Gasteiger partial charge < -0.3 is 5.11 Å². The van der Waals surface area contributed by atoms with E-state index in [9.17, 15) is 5.11 Å². The summed E-state index contributed by atoms with van der Waals surface area (Å²) in [5.74, 6) is 6.49. The molecule has 0 saturated heterocycles. The highest BCUT2D eigenvalue weighted by Gasteiger charge is 2.60. The van der Waals surface area contributed by atoms with Crippen molar-refractivity contribution in [3.05, 3.63) is 0 Å². The lowest BCUT2D eigenvalue weighted by Gasteiger charge is -2.61. The molecule has 0 heterocycles. The van der Waals surface area contributed by atoms with Gasteiger partial charge in [-0.25, -0.2) is 0 Å². The lowest BCUT2D eigenvalue weighted by atomic mass is 9.46. The maximum Gasteiger partial charge on any atom is 0.0543 e. The number of aliphatic hydroxyl groups excluding tert-OH is 1. The van der Waals surface area contributed by atoms with E-state index < -0.39 is 0 Å². The van der Waals surface area contributed by atoms with Crippen LogP contribution in [0.15, 0.2) is 0 Å². The molecule has 9 atom stereocenters. The van der Waals surface area contributed by atoms with Crippen LogP contribution in [0.3, 0.4) is 0 Å². The summed E-state index contributed by atoms with van der Waals surface area (Å²) in [5.41, 5.74) is 1.15. The lowest BCUT2D eigenvalue weighted by Crippen LogP contribution is -2.54. The minimum Gasteiger partial charge on any atom is -0.393 e. The molecule has 1 N–H and O–H groups in total. The third kappa shape index (κ3) is 3.50. The molecule has 4 aliphatic rings. The Hall–Kier alpha value is -0.0400. The van der Waals surface area contributed by atoms with Crippen molar-refractivity contribution in [3.63, 3.8) is 0 Å². The van der Waals surface area contributed by atoms with E-state index >= 15 is 0 Å². The van der Waals surface area contributed by atoms with E-state index in [1.807, 2.05) is 0 Å². The number of aliphatic hydroxyl groups is 1. The number of hydrogen-bond acceptors (Lipinski definition) is 1. The standard InChI is InChI=1S/C27H48O/c1-18(2)7-6-8-19(3)23-11-12-24-22-10-9-20-17-21(28)13-15-26(20,4)25(22)14-16-27(23,24)5/h18-25,28H,6-17H2,1-5H3/t19-,20?,21+,22+,23-,24+,25+,26+,27-/m1/s1/i17+1,21+1. The van der Waals surface area contributed by atoms with Crippen LogP contribution < -0.4 is 0 Å². The van der Waals surface area contributed by atoms with Gasteiger partial charge in [0.2, 0.25) is 0 Å². The minimum atomic E-state index is -0.00830. The Kier molecular flexibility index (Phi) is 5.98. The molecule has 0 bridgehead atoms. The van der Waals surface area contributed by atoms with Gasteiger partial charge in [-0.05, 0) is 110 Å². The number of rotatable bonds is 5. The summed E-state index contributed by atoms with van der Waals surface area (Å²) >= 11 is 0. The van der Waals surface area contributed by atoms with Crippen LogP contribution in [0.5, 0.6) is 0 Å². The molecule has 0 aromatic carbocycles. The van der Waals surface area contributed by atoms with Crippen molar-refractivity contribution in [1.82, 2.24) is 0 Å². The Bertz CT molecular complexity index is 540. The van der Waals surface area contributed by atoms with E-state index in [0.29, 0.717) is 10.8 Å². The molecule has 1 nitrogen and oxygen atoms in total. The Balaban J connectivity index is 1.46. The lowest BCUT2D eigenvalue weighted by molar-refractivity contribution is -0.129. The maximum absolute atomic E-state index is 10.3. The first-order valence-electron chi connectivity index (χ1n) is 12.9. The van der Waals surface area contributed by atoms with Gasteiger partial charge in [0.1, 0.15) is 0 Å². The van der Waals surface area contributed by atoms with Crippen LogP contribution in [-0.2, 0) is 0 Å². The quantitative estimate of drug-likeness (QED) is 0.483. The van der Waals surface area contributed by atoms with Crippen molar-refractivity contribution < 1.29 is 5.11 Å². The van der Waals surface area contributed by atoms with E-state index in [2.05, 4.69) is 34.6 Å². The summed E-state index contributed by atoms with van der Waals surface area (Å²) in [4.78, 5) is 0. The maximum atomic E-state index is 10.3. The van der Waals surface area contributed by atoms with Gasteiger partial charge in [0.25, 0.3) is 0 Å². The Morgan fingerprint density at radius 1 is 0.821 bits per heavy atom. The van der Waals surface area contributed by atoms with Crippen molar-refractivity contribution in [3.8, 4) is 0 Å². The zero-order valence-corrected chi connectivity index (χ0v) is 19.6. The molecule has 1 unspecified atom stereocenters. The summed E-state index contributed by atoms with van der Waals surface area (Å²) in [7, 11) is 0. The summed E-state index contributed by atoms with van der Waals surface area (Å²) in [6, 6.07) is 0. The fourth-order valence-corrected chi connectivity index (χ4v) is 9.26. The summed E-state index contributed by atoms with van der Waals surface area (Å²) in [5, 5.41) is 10.3. The molecule has 4 rings (SSSR count). The van der Waals surface area contributed by atoms with E-state index in [1.54, 1.807) is 0 Å². The first-order valence-corrected chi connectivity index (χ1v) is 12.9. The van der Waals surface area contributed by atoms with Crippen LogP contribution in [0.4, 0.5) is 0 Å². The molecule has 0 radical (unpaired) electrons. The van der Waals surface area contributed by atoms with Crippen LogP contribution in [0.25, 0.3) is 0 Å². The minimum absolute atomic E-state index is 0.00830. The van der Waals surface area contributed by atoms with E-state index in [4.69, 9.17) is 0 Å². The second-order valence-electron chi connectivity index (χ2n) is 12.6. The zero-order chi connectivity index (χ0) is 20.1. The highest BCUT2D eigenvalue weighted by molar-refractivity contribution is 5.09. The molecule has 4 fully saturated rings. The van der Waals surface area contributed by atoms with E-state index in [0.717, 1.165) is 54.3 Å². The van der Waals surface area contributed by atoms with Crippen LogP contribution >= 0.6 is 0 Å². The molecule has 0 aliphatic heterocycles. The summed E-state index contributed by atoms with van der Waals surface area (Å²) < 4.78 is 0. The van der Waals surface area contributed by atoms with Gasteiger partial charge in [-0.15, -0.1) is 0 Å². The van der Waals surface area contributed by atoms with Crippen molar-refractivity contribution in [2.75, 3.05) is 0 Å². The van der Waals surface area contributed by atoms with Gasteiger partial charge in [-0.2, -0.15) is 0 Å². The van der Waals surface area contributed by atoms with Crippen LogP contribution in [0.1, 0.15) is 112 Å². The molecule has 0 aromatic heterocycles. The SMILES string of the molecule is CC(C)CCC[C@@H](C)[C@H]1CC[C@H]2[C@@H]3CCC4[13CH2][13C@@H](O)CC[C@]4(C)[C@H]3CC[C@]12C. The Labute approximate surface area is 175 Å². The molecule has 4 saturated carbocycles. The van der Waals surface area contributed by atoms with Gasteiger partial charge in [0, 0.05) is 0 Å². The average Bonchev–Trinajstić information content (AvgIpc) is 2.99. The van der Waals surface area contributed by atoms with E-state index in [1.165, 1.54) is 64.2 Å². The third-order valence-corrected chi connectivity index (χ3v) is 10.8. The molecule has 0 spiro atoms. The monoisotopic (exact) mass is 390 g/mol. The van der Waals surface area contributed by atoms with Crippen LogP contribution in [-0.4, -0.2) is 11.2 Å². The first kappa shape index (κ1) is 21.2. The Morgan fingerprint density at radius 3 is 2.29 bits per heavy atom. The first-order chi connectivity index (χ1) is 13.3. The molecule has 28 heavy (non-hydrogen) atoms. The second kappa shape index (κ2) is 7.90. The summed E-state index contributed by atoms with van der Waals surface area (Å²) in [6.07, 6.45) is 16.6. The van der Waals surface area contributed by atoms with Crippen molar-refractivity contribution in [1.29, 1.82) is 0 Å². The second-order valence-corrected chi connectivity index (χ2v) is 12.6. The molecular formula is C27H48O. The molecular weight excluding hydrogens is 342 g/mol. The third-order valence-electron chi connectivity index (χ3n) is 10.8. The van der Waals surface area contributed by atoms with Crippen LogP contribution in [0.2, 0.25) is 0 Å². The largest absolute Gasteiger partial charge is 0.393 e. The van der Waals surface area contributed by atoms with Gasteiger partial charge >= 0.3 is 0 Å². The highest BCUT2D eigenvalue weighted by Crippen LogP contribution is 2.68. The topological polar surface area (TPSA) is 20.2 Å². The Morgan fingerprint density at radius 2 is 1.54 bits per heavy atom. The van der Waals surface area contributed by atoms with Crippen molar-refractivity contribution in [2.24, 2.45) is 52.3 Å². The fourth-order valence-electron chi connectivity index (χ4n) is 9.26. The molecule has 1 heteroatoms. The predicted octanol–water partition coefficient (Wildman–Crippen LogP) is 7.47. The highest BCUT2D eigenvalue weighted by atomic mass is 16.4. The molecule has 162 valence electrons. The predicted molar refractivity (Wildman–Crippen MR) is 119 cm³/mol. The van der Waals surface area contributed by atoms with Crippen molar-refractivity contribution >= 4 is 0 Å². The van der Waals surface area contributed by atoms with Crippen molar-refractivity contribution in [2.45, 2.75) is 118 Å². The van der Waals surface area contributed by atoms with Crippen LogP contribution in [0, 0.1) is 52.3 Å². The summed E-state index contributed by atoms with van der Waals surface area (Å²) in [6.45, 7) is 12.7. The van der Waals surface area contributed by atoms with Gasteiger partial charge in [0.05, 0.1) is 6.10 Å². The van der Waals surface area contributed by atoms with Gasteiger partial charge in [0.15, 0.2) is 0 Å². The normalized spacial score (nSPS) is 49.4. The van der Waals surface area contributed by atoms with Gasteiger partial charge in [-0.3, -0.25) is 0 Å². The molecule has 0 amide bonds. The smallest absolute Gasteiger partial charge is 0.0543 e. The number of fused-ring (bicyclic) bond motifs is 5.